The van der Waals surface area contributed by atoms with Gasteiger partial charge in [0.15, 0.2) is 5.82 Å². The van der Waals surface area contributed by atoms with Gasteiger partial charge in [0.25, 0.3) is 0 Å². The van der Waals surface area contributed by atoms with Gasteiger partial charge in [-0.15, -0.1) is 0 Å². The number of nitrogen functional groups attached to an aromatic ring is 1. The van der Waals surface area contributed by atoms with Crippen LogP contribution in [0.3, 0.4) is 0 Å². The second kappa shape index (κ2) is 8.04. The molecule has 0 amide bonds. The van der Waals surface area contributed by atoms with Crippen LogP contribution >= 0.6 is 23.4 Å². The smallest absolute Gasteiger partial charge is 0.152 e. The maximum absolute atomic E-state index is 9.97. The first-order valence-electron chi connectivity index (χ1n) is 10.6. The third kappa shape index (κ3) is 3.56. The summed E-state index contributed by atoms with van der Waals surface area (Å²) < 4.78 is 5.50. The largest absolute Gasteiger partial charge is 0.390 e. The van der Waals surface area contributed by atoms with Crippen LogP contribution in [0.5, 0.6) is 0 Å². The predicted molar refractivity (Wildman–Crippen MR) is 120 cm³/mol. The molecule has 5 rings (SSSR count). The fourth-order valence-electron chi connectivity index (χ4n) is 5.33. The first kappa shape index (κ1) is 21.2. The van der Waals surface area contributed by atoms with Crippen molar-refractivity contribution in [3.8, 4) is 0 Å². The van der Waals surface area contributed by atoms with Crippen molar-refractivity contribution in [2.45, 2.75) is 48.3 Å². The number of hydrogen-bond acceptors (Lipinski definition) is 9. The summed E-state index contributed by atoms with van der Waals surface area (Å²) in [5.74, 6) is 1.02. The number of ether oxygens (including phenoxy) is 1. The van der Waals surface area contributed by atoms with Crippen molar-refractivity contribution in [3.63, 3.8) is 0 Å². The van der Waals surface area contributed by atoms with Crippen LogP contribution in [-0.4, -0.2) is 52.4 Å². The van der Waals surface area contributed by atoms with Gasteiger partial charge in [-0.1, -0.05) is 23.4 Å². The molecular formula is C21H27ClN6O2S. The molecule has 1 saturated carbocycles. The number of aliphatic hydroxyl groups excluding tert-OH is 1. The van der Waals surface area contributed by atoms with Crippen LogP contribution in [0.4, 0.5) is 11.6 Å². The van der Waals surface area contributed by atoms with Gasteiger partial charge in [0, 0.05) is 35.6 Å². The fraction of sp³-hybridized carbons (Fsp3) is 0.571. The lowest BCUT2D eigenvalue weighted by atomic mass is 9.69. The van der Waals surface area contributed by atoms with E-state index in [1.807, 2.05) is 0 Å². The van der Waals surface area contributed by atoms with Crippen LogP contribution < -0.4 is 16.4 Å². The van der Waals surface area contributed by atoms with Crippen LogP contribution in [-0.2, 0) is 11.3 Å². The van der Waals surface area contributed by atoms with Gasteiger partial charge in [-0.3, -0.25) is 0 Å². The highest BCUT2D eigenvalue weighted by molar-refractivity contribution is 7.99. The van der Waals surface area contributed by atoms with Gasteiger partial charge in [-0.2, -0.15) is 0 Å². The molecule has 2 aromatic heterocycles. The Bertz CT molecular complexity index is 980. The Morgan fingerprint density at radius 2 is 1.94 bits per heavy atom. The Kier molecular flexibility index (Phi) is 5.50. The Hall–Kier alpha value is -1.65. The minimum atomic E-state index is -0.176. The first-order valence-corrected chi connectivity index (χ1v) is 11.8. The maximum atomic E-state index is 9.97. The van der Waals surface area contributed by atoms with E-state index in [1.165, 1.54) is 24.6 Å². The second-order valence-corrected chi connectivity index (χ2v) is 10.4. The molecule has 2 saturated heterocycles. The zero-order valence-electron chi connectivity index (χ0n) is 17.3. The van der Waals surface area contributed by atoms with Crippen molar-refractivity contribution in [3.05, 3.63) is 29.2 Å². The van der Waals surface area contributed by atoms with Gasteiger partial charge in [0.05, 0.1) is 31.0 Å². The number of rotatable bonds is 4. The minimum absolute atomic E-state index is 0.176. The van der Waals surface area contributed by atoms with Gasteiger partial charge >= 0.3 is 0 Å². The highest BCUT2D eigenvalue weighted by atomic mass is 35.5. The Balaban J connectivity index is 1.30. The minimum Gasteiger partial charge on any atom is -0.390 e. The molecule has 31 heavy (non-hydrogen) atoms. The molecule has 1 aliphatic carbocycles. The summed E-state index contributed by atoms with van der Waals surface area (Å²) in [6.45, 7) is 3.18. The molecule has 2 aromatic rings. The summed E-state index contributed by atoms with van der Waals surface area (Å²) in [4.78, 5) is 16.2. The second-order valence-electron chi connectivity index (χ2n) is 8.93. The van der Waals surface area contributed by atoms with Gasteiger partial charge in [-0.25, -0.2) is 15.0 Å². The molecule has 0 aromatic carbocycles. The summed E-state index contributed by atoms with van der Waals surface area (Å²) in [5, 5.41) is 11.0. The van der Waals surface area contributed by atoms with E-state index >= 15 is 0 Å². The van der Waals surface area contributed by atoms with E-state index in [-0.39, 0.29) is 29.3 Å². The molecule has 4 heterocycles. The van der Waals surface area contributed by atoms with Gasteiger partial charge in [0.2, 0.25) is 0 Å². The topological polar surface area (TPSA) is 123 Å². The summed E-state index contributed by atoms with van der Waals surface area (Å²) in [6.07, 6.45) is 7.74. The SMILES string of the molecule is Nc1nccc(Sc2cnc(N3CCC4(CC3)CCC3(COC3)[C@H]4N)c(CO)n2)c1Cl. The van der Waals surface area contributed by atoms with E-state index in [4.69, 9.17) is 27.8 Å². The number of hydrogen-bond donors (Lipinski definition) is 3. The quantitative estimate of drug-likeness (QED) is 0.628. The van der Waals surface area contributed by atoms with Crippen LogP contribution in [0, 0.1) is 10.8 Å². The zero-order valence-corrected chi connectivity index (χ0v) is 18.8. The molecule has 1 atom stereocenters. The number of nitrogens with zero attached hydrogens (tertiary/aromatic N) is 4. The monoisotopic (exact) mass is 462 g/mol. The lowest BCUT2D eigenvalue weighted by Crippen LogP contribution is -2.58. The van der Waals surface area contributed by atoms with E-state index in [1.54, 1.807) is 18.5 Å². The van der Waals surface area contributed by atoms with Crippen molar-refractivity contribution >= 4 is 35.0 Å². The van der Waals surface area contributed by atoms with Crippen LogP contribution in [0.15, 0.2) is 28.4 Å². The van der Waals surface area contributed by atoms with E-state index < -0.39 is 0 Å². The van der Waals surface area contributed by atoms with Crippen molar-refractivity contribution in [2.75, 3.05) is 36.9 Å². The van der Waals surface area contributed by atoms with E-state index in [0.717, 1.165) is 49.9 Å². The third-order valence-electron chi connectivity index (χ3n) is 7.32. The molecule has 0 bridgehead atoms. The molecule has 0 radical (unpaired) electrons. The highest BCUT2D eigenvalue weighted by Gasteiger charge is 2.58. The molecule has 10 heteroatoms. The Labute approximate surface area is 190 Å². The normalized spacial score (nSPS) is 24.0. The summed E-state index contributed by atoms with van der Waals surface area (Å²) >= 11 is 7.60. The first-order chi connectivity index (χ1) is 15.0. The average molecular weight is 463 g/mol. The van der Waals surface area contributed by atoms with Crippen molar-refractivity contribution < 1.29 is 9.84 Å². The zero-order chi connectivity index (χ0) is 21.6. The summed E-state index contributed by atoms with van der Waals surface area (Å²) in [5.41, 5.74) is 13.5. The molecule has 8 nitrogen and oxygen atoms in total. The van der Waals surface area contributed by atoms with Gasteiger partial charge < -0.3 is 26.2 Å². The number of pyridine rings is 1. The number of anilines is 2. The molecule has 2 aliphatic heterocycles. The van der Waals surface area contributed by atoms with Crippen LogP contribution in [0.2, 0.25) is 5.02 Å². The Morgan fingerprint density at radius 3 is 2.58 bits per heavy atom. The molecule has 0 unspecified atom stereocenters. The fourth-order valence-corrected chi connectivity index (χ4v) is 6.36. The van der Waals surface area contributed by atoms with E-state index in [0.29, 0.717) is 15.7 Å². The molecule has 5 N–H and O–H groups in total. The van der Waals surface area contributed by atoms with E-state index in [2.05, 4.69) is 19.9 Å². The molecule has 3 aliphatic rings. The van der Waals surface area contributed by atoms with Crippen molar-refractivity contribution in [2.24, 2.45) is 16.6 Å². The maximum Gasteiger partial charge on any atom is 0.152 e. The number of nitrogens with two attached hydrogens (primary N) is 2. The molecular weight excluding hydrogens is 436 g/mol. The Morgan fingerprint density at radius 1 is 1.19 bits per heavy atom. The van der Waals surface area contributed by atoms with Crippen LogP contribution in [0.25, 0.3) is 0 Å². The number of piperidine rings is 1. The average Bonchev–Trinajstić information content (AvgIpc) is 3.04. The molecule has 166 valence electrons. The van der Waals surface area contributed by atoms with Crippen LogP contribution in [0.1, 0.15) is 31.4 Å². The number of aromatic nitrogens is 3. The molecule has 2 spiro atoms. The molecule has 3 fully saturated rings. The van der Waals surface area contributed by atoms with Crippen molar-refractivity contribution in [1.29, 1.82) is 0 Å². The summed E-state index contributed by atoms with van der Waals surface area (Å²) in [6, 6.07) is 1.99. The number of halogens is 1. The number of aliphatic hydroxyl groups is 1. The van der Waals surface area contributed by atoms with Gasteiger partial charge in [-0.05, 0) is 37.2 Å². The van der Waals surface area contributed by atoms with E-state index in [9.17, 15) is 5.11 Å². The lowest BCUT2D eigenvalue weighted by molar-refractivity contribution is -0.125. The predicted octanol–water partition coefficient (Wildman–Crippen LogP) is 2.48. The van der Waals surface area contributed by atoms with Crippen molar-refractivity contribution in [1.82, 2.24) is 15.0 Å². The standard InChI is InChI=1S/C21H27ClN6O2S/c22-16-14(1-6-25-17(16)23)31-15-9-26-18(13(10-29)27-15)28-7-4-20(5-8-28)2-3-21(19(20)24)11-30-12-21/h1,6,9,19,29H,2-5,7-8,10-12,24H2,(H2,23,25)/t19-/m0/s1. The van der Waals surface area contributed by atoms with Gasteiger partial charge in [0.1, 0.15) is 16.5 Å². The summed E-state index contributed by atoms with van der Waals surface area (Å²) in [7, 11) is 0. The highest BCUT2D eigenvalue weighted by Crippen LogP contribution is 2.56. The third-order valence-corrected chi connectivity index (χ3v) is 8.80. The lowest BCUT2D eigenvalue weighted by Gasteiger charge is -2.49.